The van der Waals surface area contributed by atoms with Gasteiger partial charge in [-0.2, -0.15) is 9.97 Å². The van der Waals surface area contributed by atoms with Crippen LogP contribution in [0.15, 0.2) is 47.4 Å². The van der Waals surface area contributed by atoms with Crippen molar-refractivity contribution in [2.24, 2.45) is 0 Å². The lowest BCUT2D eigenvalue weighted by Crippen LogP contribution is -2.29. The predicted octanol–water partition coefficient (Wildman–Crippen LogP) is 6.84. The number of hydrogen-bond acceptors (Lipinski definition) is 8. The molecular weight excluding hydrogens is 548 g/mol. The largest absolute Gasteiger partial charge is 0.489 e. The Morgan fingerprint density at radius 2 is 1.69 bits per heavy atom. The number of nitrogens with one attached hydrogen (secondary N) is 3. The molecule has 5 rings (SSSR count). The zero-order valence-electron chi connectivity index (χ0n) is 25.6. The summed E-state index contributed by atoms with van der Waals surface area (Å²) >= 11 is 0. The standard InChI is InChI=1S/C32H42N6O3S/c1-19(2)41-28-18-24(23-12-14-38(7)15-13-23)21(5)16-27(28)35-32-36-30-25(17-22(6)33-30)31(37-32)34-26-10-8-9-11-29(26)42(39,40)20(3)4/h8-11,16-20,23H,12-15H2,1-7H3,(H3,33,34,35,36,37). The van der Waals surface area contributed by atoms with Crippen LogP contribution in [0.2, 0.25) is 0 Å². The Balaban J connectivity index is 1.54. The van der Waals surface area contributed by atoms with E-state index in [2.05, 4.69) is 46.6 Å². The topological polar surface area (TPSA) is 112 Å². The van der Waals surface area contributed by atoms with Gasteiger partial charge in [-0.25, -0.2) is 8.42 Å². The molecule has 1 fully saturated rings. The summed E-state index contributed by atoms with van der Waals surface area (Å²) in [6, 6.07) is 13.2. The van der Waals surface area contributed by atoms with Gasteiger partial charge in [0.2, 0.25) is 5.95 Å². The highest BCUT2D eigenvalue weighted by Gasteiger charge is 2.25. The molecule has 0 atom stereocenters. The molecule has 1 aliphatic heterocycles. The van der Waals surface area contributed by atoms with Crippen molar-refractivity contribution in [2.45, 2.75) is 76.6 Å². The number of anilines is 4. The summed E-state index contributed by atoms with van der Waals surface area (Å²) in [4.78, 5) is 15.5. The number of likely N-dealkylation sites (tertiary alicyclic amines) is 1. The van der Waals surface area contributed by atoms with Crippen LogP contribution >= 0.6 is 0 Å². The van der Waals surface area contributed by atoms with Gasteiger partial charge in [-0.15, -0.1) is 0 Å². The normalized spacial score (nSPS) is 15.1. The Morgan fingerprint density at radius 3 is 2.38 bits per heavy atom. The number of benzene rings is 2. The van der Waals surface area contributed by atoms with E-state index in [0.717, 1.165) is 48.4 Å². The summed E-state index contributed by atoms with van der Waals surface area (Å²) < 4.78 is 32.6. The first kappa shape index (κ1) is 29.8. The molecule has 2 aromatic carbocycles. The SMILES string of the molecule is Cc1cc2c(Nc3ccccc3S(=O)(=O)C(C)C)nc(Nc3cc(C)c(C4CCN(C)CC4)cc3OC(C)C)nc2[nH]1. The maximum atomic E-state index is 13.1. The Morgan fingerprint density at radius 1 is 0.976 bits per heavy atom. The van der Waals surface area contributed by atoms with E-state index in [1.165, 1.54) is 11.1 Å². The van der Waals surface area contributed by atoms with Crippen LogP contribution in [0.5, 0.6) is 5.75 Å². The quantitative estimate of drug-likeness (QED) is 0.194. The molecule has 0 radical (unpaired) electrons. The predicted molar refractivity (Wildman–Crippen MR) is 170 cm³/mol. The third kappa shape index (κ3) is 6.24. The summed E-state index contributed by atoms with van der Waals surface area (Å²) in [5.41, 5.74) is 5.34. The number of fused-ring (bicyclic) bond motifs is 1. The number of hydrogen-bond donors (Lipinski definition) is 3. The third-order valence-corrected chi connectivity index (χ3v) is 10.0. The first-order valence-electron chi connectivity index (χ1n) is 14.7. The highest BCUT2D eigenvalue weighted by Crippen LogP contribution is 2.38. The van der Waals surface area contributed by atoms with Gasteiger partial charge in [-0.05, 0) is 122 Å². The van der Waals surface area contributed by atoms with E-state index in [-0.39, 0.29) is 11.0 Å². The van der Waals surface area contributed by atoms with Crippen molar-refractivity contribution < 1.29 is 13.2 Å². The van der Waals surface area contributed by atoms with Crippen molar-refractivity contribution >= 4 is 44.0 Å². The lowest BCUT2D eigenvalue weighted by atomic mass is 9.86. The highest BCUT2D eigenvalue weighted by atomic mass is 32.2. The summed E-state index contributed by atoms with van der Waals surface area (Å²) in [5, 5.41) is 6.93. The monoisotopic (exact) mass is 590 g/mol. The van der Waals surface area contributed by atoms with Crippen molar-refractivity contribution in [3.8, 4) is 5.75 Å². The highest BCUT2D eigenvalue weighted by molar-refractivity contribution is 7.92. The van der Waals surface area contributed by atoms with Crippen molar-refractivity contribution in [1.82, 2.24) is 19.9 Å². The van der Waals surface area contributed by atoms with E-state index >= 15 is 0 Å². The maximum Gasteiger partial charge on any atom is 0.231 e. The first-order valence-corrected chi connectivity index (χ1v) is 16.2. The molecule has 10 heteroatoms. The molecule has 9 nitrogen and oxygen atoms in total. The second kappa shape index (κ2) is 11.9. The van der Waals surface area contributed by atoms with E-state index in [0.29, 0.717) is 29.0 Å². The minimum atomic E-state index is -3.52. The van der Waals surface area contributed by atoms with Crippen LogP contribution in [0.4, 0.5) is 23.1 Å². The van der Waals surface area contributed by atoms with Crippen LogP contribution in [0.1, 0.15) is 63.3 Å². The minimum absolute atomic E-state index is 0.00955. The lowest BCUT2D eigenvalue weighted by Gasteiger charge is -2.30. The van der Waals surface area contributed by atoms with Gasteiger partial charge in [0, 0.05) is 5.69 Å². The van der Waals surface area contributed by atoms with Crippen molar-refractivity contribution in [1.29, 1.82) is 0 Å². The molecular formula is C32H42N6O3S. The number of ether oxygens (including phenoxy) is 1. The number of aromatic nitrogens is 3. The van der Waals surface area contributed by atoms with Gasteiger partial charge in [0.25, 0.3) is 0 Å². The Bertz CT molecular complexity index is 1690. The fraction of sp³-hybridized carbons (Fsp3) is 0.438. The van der Waals surface area contributed by atoms with Crippen LogP contribution in [-0.2, 0) is 9.84 Å². The fourth-order valence-corrected chi connectivity index (χ4v) is 6.73. The first-order chi connectivity index (χ1) is 19.9. The number of rotatable bonds is 9. The molecule has 0 bridgehead atoms. The van der Waals surface area contributed by atoms with E-state index in [1.807, 2.05) is 32.9 Å². The van der Waals surface area contributed by atoms with Gasteiger partial charge < -0.3 is 25.3 Å². The Kier molecular flexibility index (Phi) is 8.48. The second-order valence-corrected chi connectivity index (χ2v) is 14.4. The third-order valence-electron chi connectivity index (χ3n) is 7.83. The van der Waals surface area contributed by atoms with Crippen LogP contribution in [0.25, 0.3) is 11.0 Å². The van der Waals surface area contributed by atoms with Crippen molar-refractivity contribution in [2.75, 3.05) is 30.8 Å². The Labute approximate surface area is 249 Å². The van der Waals surface area contributed by atoms with Crippen molar-refractivity contribution in [3.63, 3.8) is 0 Å². The van der Waals surface area contributed by atoms with E-state index in [1.54, 1.807) is 32.0 Å². The lowest BCUT2D eigenvalue weighted by molar-refractivity contribution is 0.241. The zero-order valence-corrected chi connectivity index (χ0v) is 26.4. The van der Waals surface area contributed by atoms with Gasteiger partial charge in [0.05, 0.1) is 33.0 Å². The van der Waals surface area contributed by atoms with Gasteiger partial charge in [0.15, 0.2) is 9.84 Å². The number of sulfone groups is 1. The average Bonchev–Trinajstić information content (AvgIpc) is 3.31. The number of para-hydroxylation sites is 1. The Hall–Kier alpha value is -3.63. The number of piperidine rings is 1. The van der Waals surface area contributed by atoms with Gasteiger partial charge >= 0.3 is 0 Å². The molecule has 1 saturated heterocycles. The summed E-state index contributed by atoms with van der Waals surface area (Å²) in [6.45, 7) is 13.7. The summed E-state index contributed by atoms with van der Waals surface area (Å²) in [5.74, 6) is 2.14. The molecule has 2 aromatic heterocycles. The molecule has 3 N–H and O–H groups in total. The average molecular weight is 591 g/mol. The van der Waals surface area contributed by atoms with Gasteiger partial charge in [-0.1, -0.05) is 12.1 Å². The summed E-state index contributed by atoms with van der Waals surface area (Å²) in [7, 11) is -1.34. The smallest absolute Gasteiger partial charge is 0.231 e. The van der Waals surface area contributed by atoms with E-state index in [4.69, 9.17) is 14.7 Å². The number of H-pyrrole nitrogens is 1. The molecule has 0 spiro atoms. The van der Waals surface area contributed by atoms with Gasteiger partial charge in [-0.3, -0.25) is 0 Å². The zero-order chi connectivity index (χ0) is 30.2. The van der Waals surface area contributed by atoms with E-state index < -0.39 is 15.1 Å². The second-order valence-electron chi connectivity index (χ2n) is 11.9. The molecule has 224 valence electrons. The minimum Gasteiger partial charge on any atom is -0.489 e. The molecule has 4 aromatic rings. The molecule has 3 heterocycles. The van der Waals surface area contributed by atoms with Crippen LogP contribution in [-0.4, -0.2) is 59.8 Å². The maximum absolute atomic E-state index is 13.1. The fourth-order valence-electron chi connectivity index (χ4n) is 5.52. The van der Waals surface area contributed by atoms with E-state index in [9.17, 15) is 8.42 Å². The van der Waals surface area contributed by atoms with Gasteiger partial charge in [0.1, 0.15) is 17.2 Å². The van der Waals surface area contributed by atoms with Crippen LogP contribution in [0.3, 0.4) is 0 Å². The number of aryl methyl sites for hydroxylation is 2. The van der Waals surface area contributed by atoms with Crippen LogP contribution in [0, 0.1) is 13.8 Å². The molecule has 0 saturated carbocycles. The molecule has 0 aliphatic carbocycles. The summed E-state index contributed by atoms with van der Waals surface area (Å²) in [6.07, 6.45) is 2.24. The molecule has 0 amide bonds. The number of nitrogens with zero attached hydrogens (tertiary/aromatic N) is 3. The number of aromatic amines is 1. The molecule has 1 aliphatic rings. The van der Waals surface area contributed by atoms with Crippen LogP contribution < -0.4 is 15.4 Å². The molecule has 42 heavy (non-hydrogen) atoms. The molecule has 0 unspecified atom stereocenters. The van der Waals surface area contributed by atoms with Crippen molar-refractivity contribution in [3.05, 3.63) is 59.3 Å².